The molecule has 0 bridgehead atoms. The van der Waals surface area contributed by atoms with Gasteiger partial charge in [-0.15, -0.1) is 10.2 Å². The van der Waals surface area contributed by atoms with Gasteiger partial charge in [0.25, 0.3) is 5.91 Å². The SMILES string of the molecule is COc1ccccc1N(C(=O)Cn1nnc(-c2ccc(C)o2)n1)C(CC(C)C)C(=O)NC(C)(C)C. The third kappa shape index (κ3) is 6.68. The summed E-state index contributed by atoms with van der Waals surface area (Å²) < 4.78 is 11.1. The number of anilines is 1. The Labute approximate surface area is 205 Å². The number of aromatic nitrogens is 4. The van der Waals surface area contributed by atoms with Crippen LogP contribution < -0.4 is 15.0 Å². The van der Waals surface area contributed by atoms with Crippen LogP contribution in [-0.2, 0) is 16.1 Å². The number of rotatable bonds is 9. The fourth-order valence-corrected chi connectivity index (χ4v) is 3.69. The standard InChI is InChI=1S/C25H34N6O4/c1-16(2)14-19(24(33)26-25(4,5)6)31(18-10-8-9-11-20(18)34-7)22(32)15-30-28-23(27-29-30)21-13-12-17(3)35-21/h8-13,16,19H,14-15H2,1-7H3,(H,26,33). The Morgan fingerprint density at radius 3 is 2.49 bits per heavy atom. The lowest BCUT2D eigenvalue weighted by molar-refractivity contribution is -0.128. The number of methoxy groups -OCH3 is 1. The molecule has 0 spiro atoms. The fraction of sp³-hybridized carbons (Fsp3) is 0.480. The first-order chi connectivity index (χ1) is 16.5. The molecule has 188 valence electrons. The lowest BCUT2D eigenvalue weighted by atomic mass is 9.98. The van der Waals surface area contributed by atoms with Gasteiger partial charge in [-0.1, -0.05) is 26.0 Å². The van der Waals surface area contributed by atoms with E-state index in [9.17, 15) is 9.59 Å². The van der Waals surface area contributed by atoms with Gasteiger partial charge in [-0.05, 0) is 69.5 Å². The maximum Gasteiger partial charge on any atom is 0.251 e. The molecule has 1 atom stereocenters. The van der Waals surface area contributed by atoms with E-state index < -0.39 is 11.6 Å². The second-order valence-electron chi connectivity index (χ2n) is 9.87. The fourth-order valence-electron chi connectivity index (χ4n) is 3.69. The largest absolute Gasteiger partial charge is 0.495 e. The van der Waals surface area contributed by atoms with E-state index >= 15 is 0 Å². The smallest absolute Gasteiger partial charge is 0.251 e. The van der Waals surface area contributed by atoms with Gasteiger partial charge in [-0.25, -0.2) is 0 Å². The zero-order valence-electron chi connectivity index (χ0n) is 21.4. The first-order valence-electron chi connectivity index (χ1n) is 11.6. The molecule has 0 saturated heterocycles. The van der Waals surface area contributed by atoms with Gasteiger partial charge < -0.3 is 14.5 Å². The highest BCUT2D eigenvalue weighted by Gasteiger charge is 2.35. The molecule has 0 radical (unpaired) electrons. The van der Waals surface area contributed by atoms with Crippen LogP contribution in [0.25, 0.3) is 11.6 Å². The van der Waals surface area contributed by atoms with Crippen LogP contribution in [-0.4, -0.2) is 50.7 Å². The number of furan rings is 1. The monoisotopic (exact) mass is 482 g/mol. The number of carbonyl (C=O) groups is 2. The molecule has 0 fully saturated rings. The van der Waals surface area contributed by atoms with Crippen molar-refractivity contribution in [1.82, 2.24) is 25.5 Å². The molecule has 0 aliphatic rings. The highest BCUT2D eigenvalue weighted by molar-refractivity contribution is 6.01. The van der Waals surface area contributed by atoms with E-state index in [4.69, 9.17) is 9.15 Å². The molecule has 1 unspecified atom stereocenters. The normalized spacial score (nSPS) is 12.5. The average Bonchev–Trinajstić information content (AvgIpc) is 3.41. The molecule has 2 aromatic heterocycles. The van der Waals surface area contributed by atoms with Crippen LogP contribution in [0.5, 0.6) is 5.75 Å². The minimum atomic E-state index is -0.770. The molecular weight excluding hydrogens is 448 g/mol. The van der Waals surface area contributed by atoms with Crippen molar-refractivity contribution in [2.24, 2.45) is 5.92 Å². The number of tetrazole rings is 1. The summed E-state index contributed by atoms with van der Waals surface area (Å²) in [6, 6.07) is 9.92. The highest BCUT2D eigenvalue weighted by Crippen LogP contribution is 2.31. The molecular formula is C25H34N6O4. The molecule has 10 nitrogen and oxygen atoms in total. The molecule has 1 aromatic carbocycles. The summed E-state index contributed by atoms with van der Waals surface area (Å²) >= 11 is 0. The Bertz CT molecular complexity index is 1160. The minimum absolute atomic E-state index is 0.147. The zero-order valence-corrected chi connectivity index (χ0v) is 21.4. The average molecular weight is 483 g/mol. The molecule has 0 aliphatic carbocycles. The zero-order chi connectivity index (χ0) is 25.8. The summed E-state index contributed by atoms with van der Waals surface area (Å²) in [5.41, 5.74) is 0.0300. The maximum absolute atomic E-state index is 13.8. The number of hydrogen-bond acceptors (Lipinski definition) is 7. The molecule has 35 heavy (non-hydrogen) atoms. The molecule has 1 N–H and O–H groups in total. The Morgan fingerprint density at radius 2 is 1.89 bits per heavy atom. The van der Waals surface area contributed by atoms with Crippen molar-refractivity contribution in [3.05, 3.63) is 42.2 Å². The van der Waals surface area contributed by atoms with E-state index in [-0.39, 0.29) is 30.1 Å². The molecule has 10 heteroatoms. The number of nitrogens with one attached hydrogen (secondary N) is 1. The van der Waals surface area contributed by atoms with Gasteiger partial charge in [0, 0.05) is 5.54 Å². The summed E-state index contributed by atoms with van der Waals surface area (Å²) in [5.74, 6) is 1.47. The number of hydrogen-bond donors (Lipinski definition) is 1. The molecule has 0 saturated carbocycles. The summed E-state index contributed by atoms with van der Waals surface area (Å²) in [5, 5.41) is 15.4. The van der Waals surface area contributed by atoms with Crippen LogP contribution >= 0.6 is 0 Å². The van der Waals surface area contributed by atoms with E-state index in [1.807, 2.05) is 47.6 Å². The van der Waals surface area contributed by atoms with E-state index in [0.717, 1.165) is 5.76 Å². The quantitative estimate of drug-likeness (QED) is 0.495. The van der Waals surface area contributed by atoms with Gasteiger partial charge in [0.1, 0.15) is 24.1 Å². The van der Waals surface area contributed by atoms with Crippen molar-refractivity contribution in [1.29, 1.82) is 0 Å². The Morgan fingerprint density at radius 1 is 1.17 bits per heavy atom. The van der Waals surface area contributed by atoms with Crippen molar-refractivity contribution in [2.75, 3.05) is 12.0 Å². The predicted octanol–water partition coefficient (Wildman–Crippen LogP) is 3.61. The third-order valence-corrected chi connectivity index (χ3v) is 5.11. The van der Waals surface area contributed by atoms with E-state index in [2.05, 4.69) is 20.7 Å². The van der Waals surface area contributed by atoms with Crippen LogP contribution in [0.15, 0.2) is 40.8 Å². The highest BCUT2D eigenvalue weighted by atomic mass is 16.5. The first-order valence-corrected chi connectivity index (χ1v) is 11.6. The number of aryl methyl sites for hydroxylation is 1. The molecule has 2 heterocycles. The number of para-hydroxylation sites is 2. The minimum Gasteiger partial charge on any atom is -0.495 e. The second-order valence-corrected chi connectivity index (χ2v) is 9.87. The van der Waals surface area contributed by atoms with Crippen LogP contribution in [0.3, 0.4) is 0 Å². The first kappa shape index (κ1) is 25.9. The Hall–Kier alpha value is -3.69. The lowest BCUT2D eigenvalue weighted by Crippen LogP contribution is -2.55. The van der Waals surface area contributed by atoms with Gasteiger partial charge in [0.2, 0.25) is 11.7 Å². The van der Waals surface area contributed by atoms with Gasteiger partial charge in [0.15, 0.2) is 5.76 Å². The van der Waals surface area contributed by atoms with E-state index in [1.165, 1.54) is 16.8 Å². The number of benzene rings is 1. The molecule has 3 aromatic rings. The lowest BCUT2D eigenvalue weighted by Gasteiger charge is -2.34. The van der Waals surface area contributed by atoms with Crippen molar-refractivity contribution < 1.29 is 18.7 Å². The third-order valence-electron chi connectivity index (χ3n) is 5.11. The number of ether oxygens (including phenoxy) is 1. The van der Waals surface area contributed by atoms with Crippen molar-refractivity contribution in [3.8, 4) is 17.3 Å². The van der Waals surface area contributed by atoms with Crippen LogP contribution in [0.1, 0.15) is 46.8 Å². The molecule has 0 aliphatic heterocycles. The van der Waals surface area contributed by atoms with Gasteiger partial charge in [0.05, 0.1) is 12.8 Å². The summed E-state index contributed by atoms with van der Waals surface area (Å²) in [6.07, 6.45) is 0.452. The predicted molar refractivity (Wildman–Crippen MR) is 132 cm³/mol. The molecule has 3 rings (SSSR count). The second kappa shape index (κ2) is 10.7. The van der Waals surface area contributed by atoms with Gasteiger partial charge in [-0.3, -0.25) is 14.5 Å². The number of nitrogens with zero attached hydrogens (tertiary/aromatic N) is 5. The van der Waals surface area contributed by atoms with E-state index in [0.29, 0.717) is 23.6 Å². The topological polar surface area (TPSA) is 115 Å². The Balaban J connectivity index is 1.99. The summed E-state index contributed by atoms with van der Waals surface area (Å²) in [7, 11) is 1.53. The van der Waals surface area contributed by atoms with E-state index in [1.54, 1.807) is 30.3 Å². The van der Waals surface area contributed by atoms with Crippen molar-refractivity contribution in [2.45, 2.75) is 66.1 Å². The summed E-state index contributed by atoms with van der Waals surface area (Å²) in [4.78, 5) is 29.9. The van der Waals surface area contributed by atoms with Gasteiger partial charge >= 0.3 is 0 Å². The van der Waals surface area contributed by atoms with Crippen LogP contribution in [0, 0.1) is 12.8 Å². The van der Waals surface area contributed by atoms with Crippen LogP contribution in [0.2, 0.25) is 0 Å². The number of amides is 2. The van der Waals surface area contributed by atoms with Crippen LogP contribution in [0.4, 0.5) is 5.69 Å². The maximum atomic E-state index is 13.8. The van der Waals surface area contributed by atoms with Crippen molar-refractivity contribution in [3.63, 3.8) is 0 Å². The number of carbonyl (C=O) groups excluding carboxylic acids is 2. The Kier molecular flexibility index (Phi) is 7.93. The molecule has 2 amide bonds. The van der Waals surface area contributed by atoms with Crippen molar-refractivity contribution >= 4 is 17.5 Å². The van der Waals surface area contributed by atoms with Gasteiger partial charge in [-0.2, -0.15) is 4.80 Å². The summed E-state index contributed by atoms with van der Waals surface area (Å²) in [6.45, 7) is 11.3.